The molecule has 42 heavy (non-hydrogen) atoms. The Morgan fingerprint density at radius 3 is 2.29 bits per heavy atom. The first-order chi connectivity index (χ1) is 20.6. The molecule has 6 rings (SSSR count). The zero-order valence-corrected chi connectivity index (χ0v) is 24.4. The molecular weight excluding hydrogens is 524 g/mol. The van der Waals surface area contributed by atoms with E-state index in [2.05, 4.69) is 59.5 Å². The van der Waals surface area contributed by atoms with E-state index in [4.69, 9.17) is 9.47 Å². The van der Waals surface area contributed by atoms with Gasteiger partial charge >= 0.3 is 0 Å². The monoisotopic (exact) mass is 564 g/mol. The van der Waals surface area contributed by atoms with Crippen molar-refractivity contribution >= 4 is 16.7 Å². The molecule has 1 N–H and O–H groups in total. The molecular formula is C36H40N2O4. The van der Waals surface area contributed by atoms with Crippen molar-refractivity contribution in [3.05, 3.63) is 107 Å². The summed E-state index contributed by atoms with van der Waals surface area (Å²) in [5.41, 5.74) is 3.99. The number of hydrogen-bond acceptors (Lipinski definition) is 5. The maximum absolute atomic E-state index is 13.2. The van der Waals surface area contributed by atoms with Crippen LogP contribution >= 0.6 is 0 Å². The van der Waals surface area contributed by atoms with E-state index in [1.165, 1.54) is 21.9 Å². The van der Waals surface area contributed by atoms with E-state index in [0.717, 1.165) is 50.9 Å². The molecule has 1 amide bonds. The Bertz CT molecular complexity index is 1500. The summed E-state index contributed by atoms with van der Waals surface area (Å²) in [4.78, 5) is 17.6. The standard InChI is InChI=1S/C36H40N2O4/c1-41-33-13-8-28(9-14-33)31-12-17-35(32(23-31)25-39)42-34-15-10-29(11-16-34)36(40)38-20-18-37(19-21-38)24-26-6-7-27-4-2-3-5-30(27)22-26/h2-7,10-12,15-17,22-23,28,33,39H,8-9,13-14,18-21,24-25H2,1H3. The van der Waals surface area contributed by atoms with E-state index >= 15 is 0 Å². The number of nitrogens with zero attached hydrogens (tertiary/aromatic N) is 2. The molecule has 0 unspecified atom stereocenters. The highest BCUT2D eigenvalue weighted by molar-refractivity contribution is 5.94. The Labute approximate surface area is 248 Å². The Morgan fingerprint density at radius 2 is 1.57 bits per heavy atom. The summed E-state index contributed by atoms with van der Waals surface area (Å²) < 4.78 is 11.7. The summed E-state index contributed by atoms with van der Waals surface area (Å²) in [7, 11) is 1.79. The van der Waals surface area contributed by atoms with Crippen molar-refractivity contribution in [2.75, 3.05) is 33.3 Å². The van der Waals surface area contributed by atoms with Crippen molar-refractivity contribution in [2.24, 2.45) is 0 Å². The molecule has 2 aliphatic rings. The molecule has 1 saturated carbocycles. The summed E-state index contributed by atoms with van der Waals surface area (Å²) in [6.07, 6.45) is 4.69. The van der Waals surface area contributed by atoms with Gasteiger partial charge in [-0.25, -0.2) is 0 Å². The van der Waals surface area contributed by atoms with Crippen LogP contribution < -0.4 is 4.74 Å². The van der Waals surface area contributed by atoms with Gasteiger partial charge in [0, 0.05) is 51.0 Å². The first-order valence-electron chi connectivity index (χ1n) is 15.1. The lowest BCUT2D eigenvalue weighted by Crippen LogP contribution is -2.48. The smallest absolute Gasteiger partial charge is 0.253 e. The van der Waals surface area contributed by atoms with Crippen LogP contribution in [0.3, 0.4) is 0 Å². The summed E-state index contributed by atoms with van der Waals surface area (Å²) in [6.45, 7) is 3.94. The van der Waals surface area contributed by atoms with E-state index in [1.54, 1.807) is 7.11 Å². The minimum absolute atomic E-state index is 0.0514. The summed E-state index contributed by atoms with van der Waals surface area (Å²) >= 11 is 0. The van der Waals surface area contributed by atoms with Crippen LogP contribution in [0.25, 0.3) is 10.8 Å². The highest BCUT2D eigenvalue weighted by atomic mass is 16.5. The topological polar surface area (TPSA) is 62.2 Å². The number of methoxy groups -OCH3 is 1. The number of carbonyl (C=O) groups is 1. The number of hydrogen-bond donors (Lipinski definition) is 1. The fourth-order valence-corrected chi connectivity index (χ4v) is 6.39. The normalized spacial score (nSPS) is 19.6. The van der Waals surface area contributed by atoms with Crippen LogP contribution in [0.5, 0.6) is 11.5 Å². The Balaban J connectivity index is 1.02. The molecule has 0 radical (unpaired) electrons. The quantitative estimate of drug-likeness (QED) is 0.256. The van der Waals surface area contributed by atoms with Crippen LogP contribution in [0.1, 0.15) is 58.6 Å². The second-order valence-electron chi connectivity index (χ2n) is 11.6. The van der Waals surface area contributed by atoms with Gasteiger partial charge in [-0.05, 0) is 96.0 Å². The van der Waals surface area contributed by atoms with Gasteiger partial charge in [0.2, 0.25) is 0 Å². The highest BCUT2D eigenvalue weighted by Crippen LogP contribution is 2.36. The number of benzene rings is 4. The fraction of sp³-hybridized carbons (Fsp3) is 0.361. The highest BCUT2D eigenvalue weighted by Gasteiger charge is 2.24. The van der Waals surface area contributed by atoms with Crippen LogP contribution in [-0.2, 0) is 17.9 Å². The third kappa shape index (κ3) is 6.51. The number of amides is 1. The molecule has 0 spiro atoms. The number of fused-ring (bicyclic) bond motifs is 1. The summed E-state index contributed by atoms with van der Waals surface area (Å²) in [6, 6.07) is 28.6. The van der Waals surface area contributed by atoms with Gasteiger partial charge in [0.25, 0.3) is 5.91 Å². The van der Waals surface area contributed by atoms with Crippen LogP contribution in [-0.4, -0.2) is 60.2 Å². The van der Waals surface area contributed by atoms with E-state index in [1.807, 2.05) is 35.2 Å². The Hall–Kier alpha value is -3.71. The van der Waals surface area contributed by atoms with Gasteiger partial charge in [0.05, 0.1) is 12.7 Å². The first-order valence-corrected chi connectivity index (χ1v) is 15.1. The Kier molecular flexibility index (Phi) is 8.84. The fourth-order valence-electron chi connectivity index (χ4n) is 6.39. The minimum atomic E-state index is -0.0833. The van der Waals surface area contributed by atoms with E-state index < -0.39 is 0 Å². The number of piperazine rings is 1. The SMILES string of the molecule is COC1CCC(c2ccc(Oc3ccc(C(=O)N4CCN(Cc5ccc6ccccc6c5)CC4)cc3)c(CO)c2)CC1. The number of aliphatic hydroxyl groups is 1. The number of ether oxygens (including phenoxy) is 2. The molecule has 6 heteroatoms. The molecule has 1 aliphatic carbocycles. The molecule has 4 aromatic carbocycles. The van der Waals surface area contributed by atoms with E-state index in [9.17, 15) is 9.90 Å². The van der Waals surface area contributed by atoms with Gasteiger partial charge in [0.1, 0.15) is 11.5 Å². The molecule has 0 bridgehead atoms. The van der Waals surface area contributed by atoms with Gasteiger partial charge in [-0.1, -0.05) is 42.5 Å². The molecule has 4 aromatic rings. The molecule has 0 aromatic heterocycles. The Morgan fingerprint density at radius 1 is 0.833 bits per heavy atom. The van der Waals surface area contributed by atoms with Gasteiger partial charge in [0.15, 0.2) is 0 Å². The van der Waals surface area contributed by atoms with Gasteiger partial charge in [-0.3, -0.25) is 9.69 Å². The molecule has 2 fully saturated rings. The van der Waals surface area contributed by atoms with Crippen molar-refractivity contribution in [1.82, 2.24) is 9.80 Å². The van der Waals surface area contributed by atoms with Gasteiger partial charge < -0.3 is 19.5 Å². The van der Waals surface area contributed by atoms with Crippen molar-refractivity contribution in [2.45, 2.75) is 50.9 Å². The molecule has 218 valence electrons. The lowest BCUT2D eigenvalue weighted by atomic mass is 9.82. The predicted octanol–water partition coefficient (Wildman–Crippen LogP) is 6.76. The number of rotatable bonds is 8. The van der Waals surface area contributed by atoms with E-state index in [-0.39, 0.29) is 12.5 Å². The number of aliphatic hydroxyl groups excluding tert-OH is 1. The second kappa shape index (κ2) is 13.1. The maximum Gasteiger partial charge on any atom is 0.253 e. The van der Waals surface area contributed by atoms with Crippen molar-refractivity contribution in [3.63, 3.8) is 0 Å². The third-order valence-electron chi connectivity index (χ3n) is 8.94. The van der Waals surface area contributed by atoms with Crippen LogP contribution in [0.2, 0.25) is 0 Å². The van der Waals surface area contributed by atoms with Gasteiger partial charge in [-0.15, -0.1) is 0 Å². The average molecular weight is 565 g/mol. The van der Waals surface area contributed by atoms with Gasteiger partial charge in [-0.2, -0.15) is 0 Å². The molecule has 6 nitrogen and oxygen atoms in total. The molecule has 1 aliphatic heterocycles. The number of carbonyl (C=O) groups excluding carboxylic acids is 1. The molecule has 1 saturated heterocycles. The predicted molar refractivity (Wildman–Crippen MR) is 166 cm³/mol. The van der Waals surface area contributed by atoms with Crippen LogP contribution in [0.15, 0.2) is 84.9 Å². The van der Waals surface area contributed by atoms with Crippen LogP contribution in [0, 0.1) is 0 Å². The lowest BCUT2D eigenvalue weighted by Gasteiger charge is -2.34. The van der Waals surface area contributed by atoms with Crippen molar-refractivity contribution in [3.8, 4) is 11.5 Å². The third-order valence-corrected chi connectivity index (χ3v) is 8.94. The van der Waals surface area contributed by atoms with Crippen molar-refractivity contribution < 1.29 is 19.4 Å². The summed E-state index contributed by atoms with van der Waals surface area (Å²) in [5.74, 6) is 1.83. The van der Waals surface area contributed by atoms with E-state index in [0.29, 0.717) is 42.2 Å². The average Bonchev–Trinajstić information content (AvgIpc) is 3.05. The summed E-state index contributed by atoms with van der Waals surface area (Å²) in [5, 5.41) is 12.6. The molecule has 0 atom stereocenters. The molecule has 1 heterocycles. The zero-order valence-electron chi connectivity index (χ0n) is 24.4. The largest absolute Gasteiger partial charge is 0.457 e. The zero-order chi connectivity index (χ0) is 28.9. The maximum atomic E-state index is 13.2. The second-order valence-corrected chi connectivity index (χ2v) is 11.6. The van der Waals surface area contributed by atoms with Crippen molar-refractivity contribution in [1.29, 1.82) is 0 Å². The first kappa shape index (κ1) is 28.4. The minimum Gasteiger partial charge on any atom is -0.457 e. The lowest BCUT2D eigenvalue weighted by molar-refractivity contribution is 0.0628. The van der Waals surface area contributed by atoms with Crippen LogP contribution in [0.4, 0.5) is 0 Å².